The quantitative estimate of drug-likeness (QED) is 0.788. The molecular weight excluding hydrogens is 304 g/mol. The lowest BCUT2D eigenvalue weighted by molar-refractivity contribution is -0.120. The van der Waals surface area contributed by atoms with Crippen molar-refractivity contribution in [1.82, 2.24) is 15.6 Å². The first-order valence-electron chi connectivity index (χ1n) is 8.93. The second-order valence-electron chi connectivity index (χ2n) is 7.04. The highest BCUT2D eigenvalue weighted by atomic mass is 16.5. The number of pyridine rings is 1. The Labute approximate surface area is 144 Å². The zero-order valence-electron chi connectivity index (χ0n) is 14.6. The van der Waals surface area contributed by atoms with Crippen LogP contribution in [-0.4, -0.2) is 49.3 Å². The van der Waals surface area contributed by atoms with Gasteiger partial charge in [0.1, 0.15) is 5.82 Å². The second-order valence-corrected chi connectivity index (χ2v) is 7.04. The number of rotatable bonds is 7. The molecule has 1 amide bonds. The molecule has 2 N–H and O–H groups in total. The maximum atomic E-state index is 11.8. The predicted octanol–water partition coefficient (Wildman–Crippen LogP) is 1.31. The standard InChI is InChI=1S/C18H28N4O2/c1-13-11-22(12-14(2)24-13)17-6-5-16(8-20-17)9-21-18(23)10-19-7-15-3-4-15/h5-6,8,13-15,19H,3-4,7,9-12H2,1-2H3,(H,21,23). The van der Waals surface area contributed by atoms with Crippen LogP contribution in [0.25, 0.3) is 0 Å². The molecule has 0 radical (unpaired) electrons. The van der Waals surface area contributed by atoms with Gasteiger partial charge in [0.15, 0.2) is 0 Å². The molecule has 1 aromatic rings. The van der Waals surface area contributed by atoms with E-state index in [2.05, 4.69) is 34.4 Å². The van der Waals surface area contributed by atoms with Crippen molar-refractivity contribution in [1.29, 1.82) is 0 Å². The first-order valence-corrected chi connectivity index (χ1v) is 8.93. The smallest absolute Gasteiger partial charge is 0.234 e. The number of aromatic nitrogens is 1. The number of nitrogens with one attached hydrogen (secondary N) is 2. The normalized spacial score (nSPS) is 24.0. The maximum Gasteiger partial charge on any atom is 0.234 e. The van der Waals surface area contributed by atoms with E-state index >= 15 is 0 Å². The highest BCUT2D eigenvalue weighted by Crippen LogP contribution is 2.27. The van der Waals surface area contributed by atoms with Crippen LogP contribution in [0.2, 0.25) is 0 Å². The number of anilines is 1. The third-order valence-electron chi connectivity index (χ3n) is 4.46. The molecule has 6 nitrogen and oxygen atoms in total. The molecule has 2 fully saturated rings. The summed E-state index contributed by atoms with van der Waals surface area (Å²) in [7, 11) is 0. The van der Waals surface area contributed by atoms with Gasteiger partial charge >= 0.3 is 0 Å². The Balaban J connectivity index is 1.43. The van der Waals surface area contributed by atoms with Crippen LogP contribution in [0.5, 0.6) is 0 Å². The van der Waals surface area contributed by atoms with Crippen molar-refractivity contribution in [3.05, 3.63) is 23.9 Å². The van der Waals surface area contributed by atoms with E-state index in [4.69, 9.17) is 4.74 Å². The van der Waals surface area contributed by atoms with Gasteiger partial charge in [-0.15, -0.1) is 0 Å². The minimum absolute atomic E-state index is 0.0376. The van der Waals surface area contributed by atoms with E-state index in [1.807, 2.05) is 18.3 Å². The number of hydrogen-bond donors (Lipinski definition) is 2. The van der Waals surface area contributed by atoms with Crippen LogP contribution in [-0.2, 0) is 16.1 Å². The maximum absolute atomic E-state index is 11.8. The number of hydrogen-bond acceptors (Lipinski definition) is 5. The van der Waals surface area contributed by atoms with Crippen LogP contribution in [0.1, 0.15) is 32.3 Å². The highest BCUT2D eigenvalue weighted by Gasteiger charge is 2.23. The summed E-state index contributed by atoms with van der Waals surface area (Å²) in [5.74, 6) is 1.80. The summed E-state index contributed by atoms with van der Waals surface area (Å²) in [5, 5.41) is 6.13. The van der Waals surface area contributed by atoms with Gasteiger partial charge < -0.3 is 20.3 Å². The fourth-order valence-corrected chi connectivity index (χ4v) is 3.05. The molecule has 0 aromatic carbocycles. The molecule has 2 atom stereocenters. The van der Waals surface area contributed by atoms with Crippen LogP contribution < -0.4 is 15.5 Å². The van der Waals surface area contributed by atoms with Crippen LogP contribution in [0.15, 0.2) is 18.3 Å². The zero-order chi connectivity index (χ0) is 16.9. The van der Waals surface area contributed by atoms with E-state index in [0.717, 1.165) is 36.9 Å². The Hall–Kier alpha value is -1.66. The molecule has 1 aromatic heterocycles. The van der Waals surface area contributed by atoms with Crippen molar-refractivity contribution < 1.29 is 9.53 Å². The molecule has 132 valence electrons. The lowest BCUT2D eigenvalue weighted by Gasteiger charge is -2.36. The third kappa shape index (κ3) is 5.18. The summed E-state index contributed by atoms with van der Waals surface area (Å²) < 4.78 is 5.75. The number of carbonyl (C=O) groups is 1. The van der Waals surface area contributed by atoms with Crippen LogP contribution in [0.4, 0.5) is 5.82 Å². The zero-order valence-corrected chi connectivity index (χ0v) is 14.6. The number of nitrogens with zero attached hydrogens (tertiary/aromatic N) is 2. The first kappa shape index (κ1) is 17.2. The van der Waals surface area contributed by atoms with Crippen molar-refractivity contribution >= 4 is 11.7 Å². The summed E-state index contributed by atoms with van der Waals surface area (Å²) >= 11 is 0. The molecule has 0 spiro atoms. The lowest BCUT2D eigenvalue weighted by atomic mass is 10.2. The van der Waals surface area contributed by atoms with Crippen molar-refractivity contribution in [2.75, 3.05) is 31.1 Å². The Morgan fingerprint density at radius 1 is 1.29 bits per heavy atom. The van der Waals surface area contributed by atoms with Crippen LogP contribution in [0.3, 0.4) is 0 Å². The largest absolute Gasteiger partial charge is 0.372 e. The van der Waals surface area contributed by atoms with Gasteiger partial charge in [0.05, 0.1) is 18.8 Å². The van der Waals surface area contributed by atoms with Gasteiger partial charge in [0.25, 0.3) is 0 Å². The minimum atomic E-state index is 0.0376. The van der Waals surface area contributed by atoms with Crippen LogP contribution >= 0.6 is 0 Å². The van der Waals surface area contributed by atoms with Gasteiger partial charge in [0.2, 0.25) is 5.91 Å². The van der Waals surface area contributed by atoms with E-state index in [-0.39, 0.29) is 18.1 Å². The first-order chi connectivity index (χ1) is 11.6. The molecule has 2 aliphatic rings. The summed E-state index contributed by atoms with van der Waals surface area (Å²) in [4.78, 5) is 18.6. The Morgan fingerprint density at radius 2 is 2.04 bits per heavy atom. The molecule has 1 aliphatic heterocycles. The molecule has 1 saturated carbocycles. The molecule has 24 heavy (non-hydrogen) atoms. The molecule has 2 heterocycles. The molecule has 0 bridgehead atoms. The molecule has 6 heteroatoms. The van der Waals surface area contributed by atoms with Gasteiger partial charge in [-0.25, -0.2) is 4.98 Å². The predicted molar refractivity (Wildman–Crippen MR) is 93.9 cm³/mol. The summed E-state index contributed by atoms with van der Waals surface area (Å²) in [6.45, 7) is 7.77. The van der Waals surface area contributed by atoms with Crippen molar-refractivity contribution in [3.63, 3.8) is 0 Å². The fourth-order valence-electron chi connectivity index (χ4n) is 3.05. The third-order valence-corrected chi connectivity index (χ3v) is 4.46. The number of ether oxygens (including phenoxy) is 1. The minimum Gasteiger partial charge on any atom is -0.372 e. The van der Waals surface area contributed by atoms with Gasteiger partial charge in [-0.3, -0.25) is 4.79 Å². The summed E-state index contributed by atoms with van der Waals surface area (Å²) in [6.07, 6.45) is 4.88. The summed E-state index contributed by atoms with van der Waals surface area (Å²) in [5.41, 5.74) is 1.02. The molecule has 1 saturated heterocycles. The van der Waals surface area contributed by atoms with E-state index in [0.29, 0.717) is 13.1 Å². The monoisotopic (exact) mass is 332 g/mol. The van der Waals surface area contributed by atoms with Crippen molar-refractivity contribution in [2.45, 2.75) is 45.4 Å². The number of morpholine rings is 1. The van der Waals surface area contributed by atoms with Crippen molar-refractivity contribution in [3.8, 4) is 0 Å². The van der Waals surface area contributed by atoms with Crippen molar-refractivity contribution in [2.24, 2.45) is 5.92 Å². The average molecular weight is 332 g/mol. The Bertz CT molecular complexity index is 534. The Morgan fingerprint density at radius 3 is 2.67 bits per heavy atom. The van der Waals surface area contributed by atoms with E-state index in [9.17, 15) is 4.79 Å². The molecular formula is C18H28N4O2. The second kappa shape index (κ2) is 7.94. The lowest BCUT2D eigenvalue weighted by Crippen LogP contribution is -2.45. The van der Waals surface area contributed by atoms with Gasteiger partial charge in [-0.1, -0.05) is 6.07 Å². The van der Waals surface area contributed by atoms with Crippen LogP contribution in [0, 0.1) is 5.92 Å². The molecule has 1 aliphatic carbocycles. The van der Waals surface area contributed by atoms with E-state index in [1.54, 1.807) is 0 Å². The molecule has 3 rings (SSSR count). The van der Waals surface area contributed by atoms with Gasteiger partial charge in [-0.05, 0) is 50.8 Å². The topological polar surface area (TPSA) is 66.5 Å². The van der Waals surface area contributed by atoms with E-state index < -0.39 is 0 Å². The summed E-state index contributed by atoms with van der Waals surface area (Å²) in [6, 6.07) is 4.06. The average Bonchev–Trinajstić information content (AvgIpc) is 3.37. The Kier molecular flexibility index (Phi) is 5.68. The SMILES string of the molecule is CC1CN(c2ccc(CNC(=O)CNCC3CC3)cn2)CC(C)O1. The van der Waals surface area contributed by atoms with Gasteiger partial charge in [0, 0.05) is 25.8 Å². The van der Waals surface area contributed by atoms with Gasteiger partial charge in [-0.2, -0.15) is 0 Å². The molecule has 2 unspecified atom stereocenters. The van der Waals surface area contributed by atoms with E-state index in [1.165, 1.54) is 12.8 Å². The highest BCUT2D eigenvalue weighted by molar-refractivity contribution is 5.77. The fraction of sp³-hybridized carbons (Fsp3) is 0.667. The number of carbonyl (C=O) groups excluding carboxylic acids is 1. The number of amides is 1.